The first kappa shape index (κ1) is 11.1. The average Bonchev–Trinajstić information content (AvgIpc) is 2.27. The molecule has 0 saturated carbocycles. The lowest BCUT2D eigenvalue weighted by Crippen LogP contribution is -2.17. The summed E-state index contributed by atoms with van der Waals surface area (Å²) in [6.45, 7) is 1.68. The quantitative estimate of drug-likeness (QED) is 0.424. The standard InChI is InChI=1S/C11H11NO3/c1-9(12-8-13)11(14)15-7-10-5-3-2-4-6-10/h2-6,9H,7H2,1H3/t9-/m0/s1. The van der Waals surface area contributed by atoms with Crippen molar-refractivity contribution in [1.82, 2.24) is 0 Å². The summed E-state index contributed by atoms with van der Waals surface area (Å²) in [5.41, 5.74) is 0.896. The van der Waals surface area contributed by atoms with Crippen molar-refractivity contribution < 1.29 is 14.3 Å². The predicted molar refractivity (Wildman–Crippen MR) is 53.8 cm³/mol. The molecule has 0 aromatic heterocycles. The van der Waals surface area contributed by atoms with Gasteiger partial charge in [-0.3, -0.25) is 0 Å². The number of benzene rings is 1. The summed E-state index contributed by atoms with van der Waals surface area (Å²) in [6.07, 6.45) is 1.32. The fourth-order valence-electron chi connectivity index (χ4n) is 0.981. The molecule has 0 fully saturated rings. The Labute approximate surface area is 87.6 Å². The average molecular weight is 205 g/mol. The van der Waals surface area contributed by atoms with E-state index >= 15 is 0 Å². The third kappa shape index (κ3) is 3.75. The van der Waals surface area contributed by atoms with Crippen LogP contribution in [0, 0.1) is 0 Å². The van der Waals surface area contributed by atoms with E-state index in [1.807, 2.05) is 30.3 Å². The maximum absolute atomic E-state index is 11.2. The lowest BCUT2D eigenvalue weighted by Gasteiger charge is -2.05. The first-order valence-electron chi connectivity index (χ1n) is 4.51. The van der Waals surface area contributed by atoms with E-state index in [1.54, 1.807) is 0 Å². The summed E-state index contributed by atoms with van der Waals surface area (Å²) < 4.78 is 4.93. The largest absolute Gasteiger partial charge is 0.459 e. The van der Waals surface area contributed by atoms with Crippen LogP contribution in [-0.2, 0) is 20.9 Å². The van der Waals surface area contributed by atoms with Crippen LogP contribution < -0.4 is 0 Å². The van der Waals surface area contributed by atoms with Crippen molar-refractivity contribution in [2.75, 3.05) is 0 Å². The molecule has 0 aliphatic heterocycles. The van der Waals surface area contributed by atoms with E-state index in [0.29, 0.717) is 0 Å². The third-order valence-corrected chi connectivity index (χ3v) is 1.81. The Balaban J connectivity index is 2.44. The van der Waals surface area contributed by atoms with Crippen molar-refractivity contribution in [2.24, 2.45) is 4.99 Å². The first-order chi connectivity index (χ1) is 7.24. The van der Waals surface area contributed by atoms with Crippen molar-refractivity contribution in [1.29, 1.82) is 0 Å². The molecule has 78 valence electrons. The van der Waals surface area contributed by atoms with Crippen molar-refractivity contribution in [3.63, 3.8) is 0 Å². The van der Waals surface area contributed by atoms with E-state index in [-0.39, 0.29) is 6.61 Å². The number of nitrogens with zero attached hydrogens (tertiary/aromatic N) is 1. The minimum absolute atomic E-state index is 0.193. The molecule has 4 heteroatoms. The van der Waals surface area contributed by atoms with Gasteiger partial charge in [-0.15, -0.1) is 0 Å². The minimum atomic E-state index is -0.786. The van der Waals surface area contributed by atoms with Gasteiger partial charge in [0.05, 0.1) is 0 Å². The summed E-state index contributed by atoms with van der Waals surface area (Å²) in [5, 5.41) is 0. The molecule has 0 spiro atoms. The zero-order chi connectivity index (χ0) is 11.1. The zero-order valence-corrected chi connectivity index (χ0v) is 8.34. The fourth-order valence-corrected chi connectivity index (χ4v) is 0.981. The predicted octanol–water partition coefficient (Wildman–Crippen LogP) is 1.45. The highest BCUT2D eigenvalue weighted by atomic mass is 16.5. The fraction of sp³-hybridized carbons (Fsp3) is 0.273. The van der Waals surface area contributed by atoms with Gasteiger partial charge in [-0.1, -0.05) is 30.3 Å². The van der Waals surface area contributed by atoms with Gasteiger partial charge < -0.3 is 4.74 Å². The number of rotatable bonds is 4. The summed E-state index contributed by atoms with van der Waals surface area (Å²) in [7, 11) is 0. The summed E-state index contributed by atoms with van der Waals surface area (Å²) in [4.78, 5) is 24.4. The lowest BCUT2D eigenvalue weighted by molar-refractivity contribution is -0.145. The molecule has 1 aromatic rings. The van der Waals surface area contributed by atoms with Crippen LogP contribution in [0.2, 0.25) is 0 Å². The number of hydrogen-bond donors (Lipinski definition) is 0. The summed E-state index contributed by atoms with van der Waals surface area (Å²) in [5.74, 6) is -0.526. The molecule has 0 bridgehead atoms. The first-order valence-corrected chi connectivity index (χ1v) is 4.51. The van der Waals surface area contributed by atoms with Crippen molar-refractivity contribution in [3.8, 4) is 0 Å². The van der Waals surface area contributed by atoms with Crippen LogP contribution in [0.1, 0.15) is 12.5 Å². The molecule has 0 unspecified atom stereocenters. The van der Waals surface area contributed by atoms with E-state index in [4.69, 9.17) is 4.74 Å². The van der Waals surface area contributed by atoms with Crippen molar-refractivity contribution in [2.45, 2.75) is 19.6 Å². The molecular formula is C11H11NO3. The van der Waals surface area contributed by atoms with Gasteiger partial charge in [-0.2, -0.15) is 4.99 Å². The molecule has 0 N–H and O–H groups in total. The van der Waals surface area contributed by atoms with Crippen molar-refractivity contribution >= 4 is 12.0 Å². The van der Waals surface area contributed by atoms with Gasteiger partial charge in [0, 0.05) is 0 Å². The van der Waals surface area contributed by atoms with Crippen LogP contribution in [-0.4, -0.2) is 18.1 Å². The van der Waals surface area contributed by atoms with Crippen LogP contribution in [0.15, 0.2) is 35.3 Å². The SMILES string of the molecule is C[C@H](N=C=O)C(=O)OCc1ccccc1. The maximum Gasteiger partial charge on any atom is 0.331 e. The third-order valence-electron chi connectivity index (χ3n) is 1.81. The molecule has 1 atom stereocenters. The van der Waals surface area contributed by atoms with Gasteiger partial charge in [0.25, 0.3) is 0 Å². The monoisotopic (exact) mass is 205 g/mol. The van der Waals surface area contributed by atoms with E-state index < -0.39 is 12.0 Å². The highest BCUT2D eigenvalue weighted by Crippen LogP contribution is 2.02. The molecule has 1 aromatic carbocycles. The maximum atomic E-state index is 11.2. The van der Waals surface area contributed by atoms with Gasteiger partial charge in [0.1, 0.15) is 6.61 Å². The Morgan fingerprint density at radius 2 is 2.13 bits per heavy atom. The van der Waals surface area contributed by atoms with Crippen LogP contribution in [0.25, 0.3) is 0 Å². The summed E-state index contributed by atoms with van der Waals surface area (Å²) >= 11 is 0. The Hall–Kier alpha value is -1.93. The van der Waals surface area contributed by atoms with E-state index in [0.717, 1.165) is 5.56 Å². The number of ether oxygens (including phenoxy) is 1. The molecule has 0 aliphatic carbocycles. The number of esters is 1. The van der Waals surface area contributed by atoms with Gasteiger partial charge in [-0.05, 0) is 12.5 Å². The number of hydrogen-bond acceptors (Lipinski definition) is 4. The Morgan fingerprint density at radius 3 is 2.73 bits per heavy atom. The zero-order valence-electron chi connectivity index (χ0n) is 8.34. The van der Waals surface area contributed by atoms with Crippen LogP contribution >= 0.6 is 0 Å². The molecule has 0 saturated heterocycles. The van der Waals surface area contributed by atoms with Gasteiger partial charge in [0.2, 0.25) is 6.08 Å². The second kappa shape index (κ2) is 5.73. The smallest absolute Gasteiger partial charge is 0.331 e. The second-order valence-electron chi connectivity index (χ2n) is 2.99. The molecule has 0 heterocycles. The van der Waals surface area contributed by atoms with E-state index in [9.17, 15) is 9.59 Å². The highest BCUT2D eigenvalue weighted by Gasteiger charge is 2.12. The van der Waals surface area contributed by atoms with E-state index in [2.05, 4.69) is 4.99 Å². The number of aliphatic imine (C=N–C) groups is 1. The number of isocyanates is 1. The van der Waals surface area contributed by atoms with Gasteiger partial charge in [-0.25, -0.2) is 9.59 Å². The van der Waals surface area contributed by atoms with E-state index in [1.165, 1.54) is 13.0 Å². The Kier molecular flexibility index (Phi) is 4.26. The Morgan fingerprint density at radius 1 is 1.47 bits per heavy atom. The molecule has 1 rings (SSSR count). The molecule has 0 aliphatic rings. The topological polar surface area (TPSA) is 55.7 Å². The molecule has 0 radical (unpaired) electrons. The van der Waals surface area contributed by atoms with Crippen LogP contribution in [0.4, 0.5) is 0 Å². The number of carbonyl (C=O) groups is 1. The molecule has 4 nitrogen and oxygen atoms in total. The highest BCUT2D eigenvalue weighted by molar-refractivity contribution is 5.76. The van der Waals surface area contributed by atoms with Crippen LogP contribution in [0.5, 0.6) is 0 Å². The van der Waals surface area contributed by atoms with Crippen molar-refractivity contribution in [3.05, 3.63) is 35.9 Å². The second-order valence-corrected chi connectivity index (χ2v) is 2.99. The molecule has 15 heavy (non-hydrogen) atoms. The minimum Gasteiger partial charge on any atom is -0.459 e. The Bertz CT molecular complexity index is 369. The molecule has 0 amide bonds. The van der Waals surface area contributed by atoms with Gasteiger partial charge in [0.15, 0.2) is 6.04 Å². The number of carbonyl (C=O) groups excluding carboxylic acids is 2. The lowest BCUT2D eigenvalue weighted by atomic mass is 10.2. The normalized spacial score (nSPS) is 11.3. The summed E-state index contributed by atoms with van der Waals surface area (Å²) in [6, 6.07) is 8.50. The molecular weight excluding hydrogens is 194 g/mol. The van der Waals surface area contributed by atoms with Gasteiger partial charge >= 0.3 is 5.97 Å². The van der Waals surface area contributed by atoms with Crippen LogP contribution in [0.3, 0.4) is 0 Å².